The number of hydrogen-bond acceptors (Lipinski definition) is 3. The van der Waals surface area contributed by atoms with Crippen LogP contribution < -0.4 is 0 Å². The molecule has 2 heterocycles. The second-order valence-corrected chi connectivity index (χ2v) is 6.01. The van der Waals surface area contributed by atoms with Gasteiger partial charge in [-0.15, -0.1) is 11.3 Å². The van der Waals surface area contributed by atoms with Gasteiger partial charge in [0.25, 0.3) is 0 Å². The highest BCUT2D eigenvalue weighted by molar-refractivity contribution is 7.18. The number of aryl methyl sites for hydroxylation is 1. The highest BCUT2D eigenvalue weighted by atomic mass is 35.5. The van der Waals surface area contributed by atoms with Crippen LogP contribution in [-0.2, 0) is 0 Å². The number of pyridine rings is 1. The van der Waals surface area contributed by atoms with E-state index in [9.17, 15) is 4.79 Å². The molecule has 0 fully saturated rings. The summed E-state index contributed by atoms with van der Waals surface area (Å²) in [4.78, 5) is 17.4. The van der Waals surface area contributed by atoms with Gasteiger partial charge < -0.3 is 0 Å². The van der Waals surface area contributed by atoms with Crippen LogP contribution in [-0.4, -0.2) is 10.8 Å². The Labute approximate surface area is 119 Å². The molecule has 19 heavy (non-hydrogen) atoms. The van der Waals surface area contributed by atoms with E-state index in [2.05, 4.69) is 4.98 Å². The predicted octanol–water partition coefficient (Wildman–Crippen LogP) is 4.49. The van der Waals surface area contributed by atoms with Crippen molar-refractivity contribution in [2.45, 2.75) is 6.92 Å². The van der Waals surface area contributed by atoms with Gasteiger partial charge in [-0.1, -0.05) is 17.7 Å². The van der Waals surface area contributed by atoms with Crippen molar-refractivity contribution in [1.82, 2.24) is 4.98 Å². The lowest BCUT2D eigenvalue weighted by molar-refractivity contribution is 0.104. The first-order chi connectivity index (χ1) is 9.13. The molecule has 3 rings (SSSR count). The van der Waals surface area contributed by atoms with E-state index in [-0.39, 0.29) is 5.78 Å². The van der Waals surface area contributed by atoms with Gasteiger partial charge in [0.15, 0.2) is 0 Å². The van der Waals surface area contributed by atoms with E-state index < -0.39 is 0 Å². The highest BCUT2D eigenvalue weighted by Gasteiger charge is 2.12. The maximum atomic E-state index is 12.3. The number of nitrogens with zero attached hydrogens (tertiary/aromatic N) is 1. The Morgan fingerprint density at radius 2 is 2.00 bits per heavy atom. The first-order valence-electron chi connectivity index (χ1n) is 5.81. The molecule has 94 valence electrons. The molecule has 2 nitrogen and oxygen atoms in total. The molecular formula is C15H10ClNOS. The quantitative estimate of drug-likeness (QED) is 0.650. The second kappa shape index (κ2) is 4.76. The Morgan fingerprint density at radius 3 is 2.74 bits per heavy atom. The maximum Gasteiger partial charge on any atom is 0.203 e. The van der Waals surface area contributed by atoms with Gasteiger partial charge in [0.2, 0.25) is 5.78 Å². The van der Waals surface area contributed by atoms with E-state index in [4.69, 9.17) is 11.6 Å². The van der Waals surface area contributed by atoms with E-state index >= 15 is 0 Å². The number of aromatic nitrogens is 1. The summed E-state index contributed by atoms with van der Waals surface area (Å²) in [5.41, 5.74) is 2.54. The van der Waals surface area contributed by atoms with Gasteiger partial charge >= 0.3 is 0 Å². The Kier molecular flexibility index (Phi) is 3.09. The Morgan fingerprint density at radius 1 is 1.16 bits per heavy atom. The lowest BCUT2D eigenvalue weighted by Crippen LogP contribution is -1.98. The predicted molar refractivity (Wildman–Crippen MR) is 79.2 cm³/mol. The van der Waals surface area contributed by atoms with E-state index in [0.29, 0.717) is 14.8 Å². The molecule has 2 aromatic heterocycles. The minimum Gasteiger partial charge on any atom is -0.288 e. The normalized spacial score (nSPS) is 10.8. The molecule has 0 saturated heterocycles. The minimum absolute atomic E-state index is 0.000579. The SMILES string of the molecule is Cc1ccc2cc(C(=O)c3ccc(Cl)s3)ccc2n1. The largest absolute Gasteiger partial charge is 0.288 e. The molecule has 0 atom stereocenters. The zero-order valence-corrected chi connectivity index (χ0v) is 11.8. The molecule has 3 aromatic rings. The van der Waals surface area contributed by atoms with Crippen molar-refractivity contribution in [3.8, 4) is 0 Å². The van der Waals surface area contributed by atoms with Crippen LogP contribution in [0.25, 0.3) is 10.9 Å². The number of hydrogen-bond donors (Lipinski definition) is 0. The van der Waals surface area contributed by atoms with Crippen molar-refractivity contribution in [2.24, 2.45) is 0 Å². The van der Waals surface area contributed by atoms with Crippen molar-refractivity contribution >= 4 is 39.6 Å². The fourth-order valence-corrected chi connectivity index (χ4v) is 2.95. The molecule has 0 aliphatic rings. The summed E-state index contributed by atoms with van der Waals surface area (Å²) in [6.07, 6.45) is 0. The summed E-state index contributed by atoms with van der Waals surface area (Å²) < 4.78 is 0.626. The fraction of sp³-hybridized carbons (Fsp3) is 0.0667. The fourth-order valence-electron chi connectivity index (χ4n) is 1.95. The Hall–Kier alpha value is -1.71. The van der Waals surface area contributed by atoms with E-state index in [1.54, 1.807) is 12.1 Å². The lowest BCUT2D eigenvalue weighted by atomic mass is 10.1. The van der Waals surface area contributed by atoms with E-state index in [0.717, 1.165) is 16.6 Å². The molecule has 0 aliphatic carbocycles. The summed E-state index contributed by atoms with van der Waals surface area (Å²) in [7, 11) is 0. The van der Waals surface area contributed by atoms with Gasteiger partial charge in [0.1, 0.15) is 0 Å². The number of ketones is 1. The average molecular weight is 288 g/mol. The van der Waals surface area contributed by atoms with E-state index in [1.165, 1.54) is 11.3 Å². The summed E-state index contributed by atoms with van der Waals surface area (Å²) in [6.45, 7) is 1.95. The molecule has 0 amide bonds. The van der Waals surface area contributed by atoms with Gasteiger partial charge in [-0.05, 0) is 43.3 Å². The number of thiophene rings is 1. The van der Waals surface area contributed by atoms with Crippen LogP contribution in [0.3, 0.4) is 0 Å². The van der Waals surface area contributed by atoms with E-state index in [1.807, 2.05) is 37.3 Å². The summed E-state index contributed by atoms with van der Waals surface area (Å²) in [6, 6.07) is 13.0. The molecule has 4 heteroatoms. The van der Waals surface area contributed by atoms with Gasteiger partial charge in [-0.2, -0.15) is 0 Å². The first kappa shape index (κ1) is 12.3. The van der Waals surface area contributed by atoms with Crippen molar-refractivity contribution in [1.29, 1.82) is 0 Å². The van der Waals surface area contributed by atoms with Crippen LogP contribution in [0.15, 0.2) is 42.5 Å². The zero-order valence-electron chi connectivity index (χ0n) is 10.2. The molecule has 0 unspecified atom stereocenters. The third-order valence-corrected chi connectivity index (χ3v) is 4.12. The molecule has 0 radical (unpaired) electrons. The molecule has 0 bridgehead atoms. The van der Waals surface area contributed by atoms with Crippen molar-refractivity contribution in [3.05, 3.63) is 62.9 Å². The van der Waals surface area contributed by atoms with Crippen molar-refractivity contribution in [2.75, 3.05) is 0 Å². The molecule has 0 saturated carbocycles. The maximum absolute atomic E-state index is 12.3. The number of carbonyl (C=O) groups excluding carboxylic acids is 1. The van der Waals surface area contributed by atoms with Crippen molar-refractivity contribution in [3.63, 3.8) is 0 Å². The van der Waals surface area contributed by atoms with Crippen LogP contribution in [0, 0.1) is 6.92 Å². The van der Waals surface area contributed by atoms with Gasteiger partial charge in [0, 0.05) is 16.6 Å². The number of benzene rings is 1. The zero-order chi connectivity index (χ0) is 13.4. The third kappa shape index (κ3) is 2.39. The Balaban J connectivity index is 2.06. The second-order valence-electron chi connectivity index (χ2n) is 4.29. The summed E-state index contributed by atoms with van der Waals surface area (Å²) in [5.74, 6) is -0.000579. The van der Waals surface area contributed by atoms with Crippen LogP contribution >= 0.6 is 22.9 Å². The monoisotopic (exact) mass is 287 g/mol. The topological polar surface area (TPSA) is 30.0 Å². The van der Waals surface area contributed by atoms with Crippen molar-refractivity contribution < 1.29 is 4.79 Å². The van der Waals surface area contributed by atoms with Crippen LogP contribution in [0.2, 0.25) is 4.34 Å². The Bertz CT molecular complexity index is 779. The smallest absolute Gasteiger partial charge is 0.203 e. The molecular weight excluding hydrogens is 278 g/mol. The number of rotatable bonds is 2. The van der Waals surface area contributed by atoms with Gasteiger partial charge in [0.05, 0.1) is 14.7 Å². The van der Waals surface area contributed by atoms with Crippen LogP contribution in [0.1, 0.15) is 20.9 Å². The lowest BCUT2D eigenvalue weighted by Gasteiger charge is -2.02. The minimum atomic E-state index is -0.000579. The van der Waals surface area contributed by atoms with Crippen LogP contribution in [0.5, 0.6) is 0 Å². The van der Waals surface area contributed by atoms with Crippen LogP contribution in [0.4, 0.5) is 0 Å². The highest BCUT2D eigenvalue weighted by Crippen LogP contribution is 2.25. The third-order valence-electron chi connectivity index (χ3n) is 2.89. The number of carbonyl (C=O) groups is 1. The first-order valence-corrected chi connectivity index (χ1v) is 7.00. The summed E-state index contributed by atoms with van der Waals surface area (Å²) >= 11 is 7.16. The summed E-state index contributed by atoms with van der Waals surface area (Å²) in [5, 5.41) is 0.971. The average Bonchev–Trinajstić information content (AvgIpc) is 2.84. The molecule has 0 N–H and O–H groups in total. The molecule has 0 spiro atoms. The van der Waals surface area contributed by atoms with Gasteiger partial charge in [-0.3, -0.25) is 9.78 Å². The van der Waals surface area contributed by atoms with Gasteiger partial charge in [-0.25, -0.2) is 0 Å². The number of halogens is 1. The molecule has 1 aromatic carbocycles. The number of fused-ring (bicyclic) bond motifs is 1. The molecule has 0 aliphatic heterocycles. The standard InChI is InChI=1S/C15H10ClNOS/c1-9-2-3-10-8-11(4-5-12(10)17-9)15(18)13-6-7-14(16)19-13/h2-8H,1H3.